The highest BCUT2D eigenvalue weighted by Gasteiger charge is 2.31. The molecule has 0 spiro atoms. The molecule has 2 heterocycles. The Bertz CT molecular complexity index is 491. The van der Waals surface area contributed by atoms with Crippen LogP contribution in [0.1, 0.15) is 11.8 Å². The summed E-state index contributed by atoms with van der Waals surface area (Å²) in [6.45, 7) is 3.52. The van der Waals surface area contributed by atoms with Crippen molar-refractivity contribution in [1.82, 2.24) is 15.1 Å². The van der Waals surface area contributed by atoms with E-state index in [1.807, 2.05) is 31.0 Å². The molecule has 0 aromatic carbocycles. The van der Waals surface area contributed by atoms with E-state index in [9.17, 15) is 9.59 Å². The lowest BCUT2D eigenvalue weighted by Crippen LogP contribution is -2.46. The summed E-state index contributed by atoms with van der Waals surface area (Å²) < 4.78 is 1.08. The molecule has 1 saturated heterocycles. The molecular weight excluding hydrogens is 330 g/mol. The van der Waals surface area contributed by atoms with Crippen molar-refractivity contribution in [3.63, 3.8) is 0 Å². The van der Waals surface area contributed by atoms with E-state index in [0.29, 0.717) is 19.6 Å². The lowest BCUT2D eigenvalue weighted by molar-refractivity contribution is -0.132. The summed E-state index contributed by atoms with van der Waals surface area (Å²) in [5.41, 5.74) is 0. The van der Waals surface area contributed by atoms with Crippen LogP contribution < -0.4 is 5.32 Å². The average molecular weight is 346 g/mol. The number of nitrogens with zero attached hydrogens (tertiary/aromatic N) is 2. The van der Waals surface area contributed by atoms with E-state index < -0.39 is 0 Å². The number of carbonyl (C=O) groups excluding carboxylic acids is 2. The van der Waals surface area contributed by atoms with Gasteiger partial charge in [0.1, 0.15) is 0 Å². The Kier molecular flexibility index (Phi) is 4.59. The summed E-state index contributed by atoms with van der Waals surface area (Å²) in [5.74, 6) is -0.145. The number of halogens is 1. The maximum atomic E-state index is 12.2. The first-order chi connectivity index (χ1) is 8.99. The molecule has 0 unspecified atom stereocenters. The molecular formula is C12H16BrN3O2S. The van der Waals surface area contributed by atoms with Crippen LogP contribution in [-0.4, -0.2) is 47.9 Å². The van der Waals surface area contributed by atoms with E-state index in [2.05, 4.69) is 21.2 Å². The fraction of sp³-hybridized carbons (Fsp3) is 0.500. The lowest BCUT2D eigenvalue weighted by atomic mass is 10.2. The van der Waals surface area contributed by atoms with Crippen LogP contribution in [0.2, 0.25) is 0 Å². The summed E-state index contributed by atoms with van der Waals surface area (Å²) >= 11 is 5.07. The molecule has 1 aliphatic heterocycles. The summed E-state index contributed by atoms with van der Waals surface area (Å²) in [5, 5.41) is 2.64. The normalized spacial score (nSPS) is 16.8. The third kappa shape index (κ3) is 3.34. The zero-order chi connectivity index (χ0) is 14.0. The van der Waals surface area contributed by atoms with Crippen LogP contribution in [0.25, 0.3) is 0 Å². The Morgan fingerprint density at radius 2 is 2.37 bits per heavy atom. The topological polar surface area (TPSA) is 52.7 Å². The van der Waals surface area contributed by atoms with E-state index in [-0.39, 0.29) is 18.0 Å². The highest BCUT2D eigenvalue weighted by Crippen LogP contribution is 2.23. The molecule has 2 rings (SSSR count). The molecule has 104 valence electrons. The van der Waals surface area contributed by atoms with E-state index in [0.717, 1.165) is 3.79 Å². The standard InChI is InChI=1S/C12H16BrN3O2S/c1-8(11(17)16-6-5-14-12(16)18)15(2)7-9-3-4-10(13)19-9/h3-4,8H,5-7H2,1-2H3,(H,14,18)/t8-/m1/s1. The van der Waals surface area contributed by atoms with Gasteiger partial charge in [0.25, 0.3) is 0 Å². The Labute approximate surface area is 124 Å². The van der Waals surface area contributed by atoms with Crippen LogP contribution in [0.15, 0.2) is 15.9 Å². The van der Waals surface area contributed by atoms with Gasteiger partial charge in [-0.05, 0) is 42.0 Å². The van der Waals surface area contributed by atoms with E-state index in [4.69, 9.17) is 0 Å². The summed E-state index contributed by atoms with van der Waals surface area (Å²) in [6.07, 6.45) is 0. The number of hydrogen-bond acceptors (Lipinski definition) is 4. The van der Waals surface area contributed by atoms with Gasteiger partial charge in [-0.1, -0.05) is 0 Å². The monoisotopic (exact) mass is 345 g/mol. The zero-order valence-electron chi connectivity index (χ0n) is 10.9. The predicted molar refractivity (Wildman–Crippen MR) is 78.1 cm³/mol. The quantitative estimate of drug-likeness (QED) is 0.906. The van der Waals surface area contributed by atoms with Crippen LogP contribution in [0.5, 0.6) is 0 Å². The Balaban J connectivity index is 1.96. The summed E-state index contributed by atoms with van der Waals surface area (Å²) in [4.78, 5) is 28.1. The van der Waals surface area contributed by atoms with Crippen molar-refractivity contribution >= 4 is 39.2 Å². The van der Waals surface area contributed by atoms with Crippen LogP contribution in [0.4, 0.5) is 4.79 Å². The van der Waals surface area contributed by atoms with Gasteiger partial charge in [0, 0.05) is 24.5 Å². The Hall–Kier alpha value is -0.920. The third-order valence-electron chi connectivity index (χ3n) is 3.18. The van der Waals surface area contributed by atoms with Gasteiger partial charge < -0.3 is 5.32 Å². The fourth-order valence-electron chi connectivity index (χ4n) is 1.92. The first-order valence-corrected chi connectivity index (χ1v) is 7.63. The smallest absolute Gasteiger partial charge is 0.324 e. The molecule has 1 atom stereocenters. The van der Waals surface area contributed by atoms with Crippen molar-refractivity contribution in [1.29, 1.82) is 0 Å². The molecule has 1 fully saturated rings. The third-order valence-corrected chi connectivity index (χ3v) is 4.78. The van der Waals surface area contributed by atoms with Crippen LogP contribution in [-0.2, 0) is 11.3 Å². The summed E-state index contributed by atoms with van der Waals surface area (Å²) in [6, 6.07) is 3.42. The predicted octanol–water partition coefficient (Wildman–Crippen LogP) is 1.88. The van der Waals surface area contributed by atoms with Crippen molar-refractivity contribution in [3.8, 4) is 0 Å². The number of likely N-dealkylation sites (N-methyl/N-ethyl adjacent to an activating group) is 1. The molecule has 1 aromatic heterocycles. The van der Waals surface area contributed by atoms with Gasteiger partial charge in [0.2, 0.25) is 5.91 Å². The van der Waals surface area contributed by atoms with Gasteiger partial charge >= 0.3 is 6.03 Å². The van der Waals surface area contributed by atoms with E-state index in [1.165, 1.54) is 9.78 Å². The highest BCUT2D eigenvalue weighted by atomic mass is 79.9. The van der Waals surface area contributed by atoms with Crippen molar-refractivity contribution in [2.45, 2.75) is 19.5 Å². The van der Waals surface area contributed by atoms with Crippen LogP contribution >= 0.6 is 27.3 Å². The fourth-order valence-corrected chi connectivity index (χ4v) is 3.46. The minimum atomic E-state index is -0.315. The minimum Gasteiger partial charge on any atom is -0.336 e. The second-order valence-corrected chi connectivity index (χ2v) is 7.07. The number of hydrogen-bond donors (Lipinski definition) is 1. The van der Waals surface area contributed by atoms with Gasteiger partial charge in [-0.2, -0.15) is 0 Å². The van der Waals surface area contributed by atoms with Gasteiger partial charge in [0.05, 0.1) is 9.83 Å². The van der Waals surface area contributed by atoms with Crippen molar-refractivity contribution in [3.05, 3.63) is 20.8 Å². The van der Waals surface area contributed by atoms with E-state index >= 15 is 0 Å². The molecule has 5 nitrogen and oxygen atoms in total. The second kappa shape index (κ2) is 6.02. The Morgan fingerprint density at radius 1 is 1.63 bits per heavy atom. The number of rotatable bonds is 4. The van der Waals surface area contributed by atoms with Gasteiger partial charge in [-0.25, -0.2) is 4.79 Å². The van der Waals surface area contributed by atoms with Crippen molar-refractivity contribution in [2.75, 3.05) is 20.1 Å². The number of amides is 3. The maximum absolute atomic E-state index is 12.2. The number of nitrogens with one attached hydrogen (secondary N) is 1. The minimum absolute atomic E-state index is 0.145. The van der Waals surface area contributed by atoms with Gasteiger partial charge in [0.15, 0.2) is 0 Å². The molecule has 0 aliphatic carbocycles. The number of imide groups is 1. The first-order valence-electron chi connectivity index (χ1n) is 6.02. The largest absolute Gasteiger partial charge is 0.336 e. The maximum Gasteiger partial charge on any atom is 0.324 e. The highest BCUT2D eigenvalue weighted by molar-refractivity contribution is 9.11. The first kappa shape index (κ1) is 14.5. The zero-order valence-corrected chi connectivity index (χ0v) is 13.3. The average Bonchev–Trinajstić information content (AvgIpc) is 2.96. The number of thiophene rings is 1. The van der Waals surface area contributed by atoms with Crippen LogP contribution in [0.3, 0.4) is 0 Å². The van der Waals surface area contributed by atoms with Crippen LogP contribution in [0, 0.1) is 0 Å². The van der Waals surface area contributed by atoms with Gasteiger partial charge in [-0.3, -0.25) is 14.6 Å². The molecule has 7 heteroatoms. The number of urea groups is 1. The molecule has 0 radical (unpaired) electrons. The molecule has 1 aromatic rings. The van der Waals surface area contributed by atoms with Gasteiger partial charge in [-0.15, -0.1) is 11.3 Å². The molecule has 1 aliphatic rings. The molecule has 3 amide bonds. The molecule has 1 N–H and O–H groups in total. The summed E-state index contributed by atoms with van der Waals surface area (Å²) in [7, 11) is 1.89. The van der Waals surface area contributed by atoms with Crippen molar-refractivity contribution in [2.24, 2.45) is 0 Å². The number of carbonyl (C=O) groups is 2. The molecule has 0 saturated carbocycles. The Morgan fingerprint density at radius 3 is 2.89 bits per heavy atom. The molecule has 19 heavy (non-hydrogen) atoms. The van der Waals surface area contributed by atoms with E-state index in [1.54, 1.807) is 11.3 Å². The SMILES string of the molecule is C[C@H](C(=O)N1CCNC1=O)N(C)Cc1ccc(Br)s1. The van der Waals surface area contributed by atoms with Crippen molar-refractivity contribution < 1.29 is 9.59 Å². The second-order valence-electron chi connectivity index (χ2n) is 4.52. The lowest BCUT2D eigenvalue weighted by Gasteiger charge is -2.26. The molecule has 0 bridgehead atoms.